The second-order valence-corrected chi connectivity index (χ2v) is 4.83. The summed E-state index contributed by atoms with van der Waals surface area (Å²) in [6.07, 6.45) is 7.00. The van der Waals surface area contributed by atoms with E-state index in [-0.39, 0.29) is 0 Å². The van der Waals surface area contributed by atoms with Gasteiger partial charge in [0, 0.05) is 5.54 Å². The summed E-state index contributed by atoms with van der Waals surface area (Å²) in [5.41, 5.74) is 0.414. The van der Waals surface area contributed by atoms with Crippen molar-refractivity contribution in [3.05, 3.63) is 0 Å². The van der Waals surface area contributed by atoms with Crippen molar-refractivity contribution >= 4 is 0 Å². The predicted molar refractivity (Wildman–Crippen MR) is 54.3 cm³/mol. The Hall–Kier alpha value is -0.0400. The van der Waals surface area contributed by atoms with Gasteiger partial charge < -0.3 is 5.32 Å². The van der Waals surface area contributed by atoms with Crippen LogP contribution in [-0.4, -0.2) is 12.1 Å². The highest BCUT2D eigenvalue weighted by Crippen LogP contribution is 2.26. The van der Waals surface area contributed by atoms with E-state index >= 15 is 0 Å². The quantitative estimate of drug-likeness (QED) is 0.638. The van der Waals surface area contributed by atoms with E-state index in [0.29, 0.717) is 5.54 Å². The van der Waals surface area contributed by atoms with Crippen molar-refractivity contribution in [3.8, 4) is 0 Å². The van der Waals surface area contributed by atoms with E-state index < -0.39 is 0 Å². The van der Waals surface area contributed by atoms with Crippen LogP contribution in [0.4, 0.5) is 0 Å². The van der Waals surface area contributed by atoms with Crippen LogP contribution in [0.3, 0.4) is 0 Å². The fourth-order valence-electron chi connectivity index (χ4n) is 2.17. The van der Waals surface area contributed by atoms with Crippen molar-refractivity contribution in [1.29, 1.82) is 0 Å². The molecule has 1 N–H and O–H groups in total. The van der Waals surface area contributed by atoms with Crippen LogP contribution in [0.1, 0.15) is 52.9 Å². The molecule has 1 atom stereocenters. The molecule has 1 unspecified atom stereocenters. The highest BCUT2D eigenvalue weighted by atomic mass is 15.0. The van der Waals surface area contributed by atoms with E-state index in [1.54, 1.807) is 0 Å². The minimum atomic E-state index is 0.414. The van der Waals surface area contributed by atoms with Crippen LogP contribution in [0.25, 0.3) is 0 Å². The molecule has 0 aliphatic carbocycles. The van der Waals surface area contributed by atoms with E-state index in [1.807, 2.05) is 0 Å². The molecule has 1 heteroatoms. The van der Waals surface area contributed by atoms with Gasteiger partial charge in [0.15, 0.2) is 0 Å². The van der Waals surface area contributed by atoms with Crippen LogP contribution in [0.5, 0.6) is 0 Å². The van der Waals surface area contributed by atoms with Gasteiger partial charge in [-0.3, -0.25) is 0 Å². The monoisotopic (exact) mass is 169 g/mol. The van der Waals surface area contributed by atoms with Gasteiger partial charge in [-0.2, -0.15) is 0 Å². The molecule has 0 saturated carbocycles. The van der Waals surface area contributed by atoms with E-state index in [9.17, 15) is 0 Å². The summed E-state index contributed by atoms with van der Waals surface area (Å²) in [5, 5.41) is 3.57. The topological polar surface area (TPSA) is 12.0 Å². The van der Waals surface area contributed by atoms with E-state index in [2.05, 4.69) is 26.1 Å². The van der Waals surface area contributed by atoms with Gasteiger partial charge in [-0.05, 0) is 39.2 Å². The maximum atomic E-state index is 3.57. The molecule has 1 aliphatic heterocycles. The number of rotatable bonds is 4. The summed E-state index contributed by atoms with van der Waals surface area (Å²) >= 11 is 0. The third kappa shape index (κ3) is 3.14. The highest BCUT2D eigenvalue weighted by Gasteiger charge is 2.29. The minimum absolute atomic E-state index is 0.414. The molecule has 1 aliphatic rings. The Bertz CT molecular complexity index is 129. The van der Waals surface area contributed by atoms with E-state index in [4.69, 9.17) is 0 Å². The summed E-state index contributed by atoms with van der Waals surface area (Å²) in [4.78, 5) is 0. The lowest BCUT2D eigenvalue weighted by Gasteiger charge is -2.17. The van der Waals surface area contributed by atoms with Crippen molar-refractivity contribution in [2.24, 2.45) is 5.92 Å². The van der Waals surface area contributed by atoms with Crippen LogP contribution >= 0.6 is 0 Å². The molecule has 0 aromatic carbocycles. The van der Waals surface area contributed by atoms with Crippen LogP contribution in [0, 0.1) is 5.92 Å². The molecule has 0 bridgehead atoms. The second-order valence-electron chi connectivity index (χ2n) is 4.83. The van der Waals surface area contributed by atoms with Gasteiger partial charge >= 0.3 is 0 Å². The maximum absolute atomic E-state index is 3.57. The zero-order valence-corrected chi connectivity index (χ0v) is 8.82. The number of nitrogens with one attached hydrogen (secondary N) is 1. The molecule has 0 aromatic rings. The Morgan fingerprint density at radius 2 is 2.08 bits per heavy atom. The summed E-state index contributed by atoms with van der Waals surface area (Å²) in [5.74, 6) is 0.951. The summed E-state index contributed by atoms with van der Waals surface area (Å²) in [7, 11) is 0. The minimum Gasteiger partial charge on any atom is -0.312 e. The van der Waals surface area contributed by atoms with Crippen LogP contribution in [0.15, 0.2) is 0 Å². The van der Waals surface area contributed by atoms with Gasteiger partial charge in [0.1, 0.15) is 0 Å². The standard InChI is InChI=1S/C11H23N/c1-4-5-6-7-10-8-11(2,3)12-9-10/h10,12H,4-9H2,1-3H3. The summed E-state index contributed by atoms with van der Waals surface area (Å²) < 4.78 is 0. The third-order valence-corrected chi connectivity index (χ3v) is 2.88. The lowest BCUT2D eigenvalue weighted by Crippen LogP contribution is -2.31. The average molecular weight is 169 g/mol. The molecule has 0 aromatic heterocycles. The van der Waals surface area contributed by atoms with Crippen molar-refractivity contribution in [2.75, 3.05) is 6.54 Å². The van der Waals surface area contributed by atoms with Gasteiger partial charge in [0.25, 0.3) is 0 Å². The van der Waals surface area contributed by atoms with Crippen LogP contribution < -0.4 is 5.32 Å². The van der Waals surface area contributed by atoms with Crippen molar-refractivity contribution in [2.45, 2.75) is 58.4 Å². The Labute approximate surface area is 76.9 Å². The Balaban J connectivity index is 2.11. The molecule has 1 saturated heterocycles. The van der Waals surface area contributed by atoms with Crippen molar-refractivity contribution in [1.82, 2.24) is 5.32 Å². The molecule has 1 heterocycles. The lowest BCUT2D eigenvalue weighted by molar-refractivity contribution is 0.425. The summed E-state index contributed by atoms with van der Waals surface area (Å²) in [6, 6.07) is 0. The van der Waals surface area contributed by atoms with Gasteiger partial charge in [-0.15, -0.1) is 0 Å². The Morgan fingerprint density at radius 1 is 1.33 bits per heavy atom. The van der Waals surface area contributed by atoms with Gasteiger partial charge in [0.2, 0.25) is 0 Å². The molecule has 1 rings (SSSR count). The molecule has 72 valence electrons. The molecule has 0 amide bonds. The number of unbranched alkanes of at least 4 members (excludes halogenated alkanes) is 2. The number of hydrogen-bond acceptors (Lipinski definition) is 1. The van der Waals surface area contributed by atoms with Gasteiger partial charge in [-0.1, -0.05) is 26.2 Å². The maximum Gasteiger partial charge on any atom is 0.0128 e. The largest absolute Gasteiger partial charge is 0.312 e. The van der Waals surface area contributed by atoms with Crippen LogP contribution in [0.2, 0.25) is 0 Å². The molecule has 12 heavy (non-hydrogen) atoms. The number of hydrogen-bond donors (Lipinski definition) is 1. The predicted octanol–water partition coefficient (Wildman–Crippen LogP) is 2.95. The van der Waals surface area contributed by atoms with Gasteiger partial charge in [-0.25, -0.2) is 0 Å². The fraction of sp³-hybridized carbons (Fsp3) is 1.00. The zero-order valence-electron chi connectivity index (χ0n) is 8.82. The first-order valence-corrected chi connectivity index (χ1v) is 5.39. The highest BCUT2D eigenvalue weighted by molar-refractivity contribution is 4.88. The lowest BCUT2D eigenvalue weighted by atomic mass is 9.93. The molecule has 1 nitrogen and oxygen atoms in total. The normalized spacial score (nSPS) is 27.8. The molecular formula is C11H23N. The second kappa shape index (κ2) is 4.27. The Morgan fingerprint density at radius 3 is 2.58 bits per heavy atom. The van der Waals surface area contributed by atoms with Crippen molar-refractivity contribution in [3.63, 3.8) is 0 Å². The van der Waals surface area contributed by atoms with Crippen molar-refractivity contribution < 1.29 is 0 Å². The Kier molecular flexibility index (Phi) is 3.57. The first-order chi connectivity index (χ1) is 5.64. The van der Waals surface area contributed by atoms with E-state index in [1.165, 1.54) is 38.6 Å². The molecule has 0 spiro atoms. The third-order valence-electron chi connectivity index (χ3n) is 2.88. The molecule has 1 fully saturated rings. The van der Waals surface area contributed by atoms with Gasteiger partial charge in [0.05, 0.1) is 0 Å². The summed E-state index contributed by atoms with van der Waals surface area (Å²) in [6.45, 7) is 8.15. The van der Waals surface area contributed by atoms with Crippen LogP contribution in [-0.2, 0) is 0 Å². The van der Waals surface area contributed by atoms with E-state index in [0.717, 1.165) is 5.92 Å². The first kappa shape index (κ1) is 10.0. The fourth-order valence-corrected chi connectivity index (χ4v) is 2.17. The molecular weight excluding hydrogens is 146 g/mol. The smallest absolute Gasteiger partial charge is 0.0128 e. The SMILES string of the molecule is CCCCCC1CNC(C)(C)C1. The average Bonchev–Trinajstić information content (AvgIpc) is 2.31. The molecule has 0 radical (unpaired) electrons. The zero-order chi connectivity index (χ0) is 9.03. The first-order valence-electron chi connectivity index (χ1n) is 5.39.